The zero-order valence-corrected chi connectivity index (χ0v) is 11.8. The summed E-state index contributed by atoms with van der Waals surface area (Å²) in [7, 11) is 0. The molecule has 2 saturated heterocycles. The molecule has 2 aliphatic heterocycles. The highest BCUT2D eigenvalue weighted by Gasteiger charge is 2.39. The van der Waals surface area contributed by atoms with Gasteiger partial charge in [-0.1, -0.05) is 13.8 Å². The first kappa shape index (κ1) is 13.8. The van der Waals surface area contributed by atoms with Crippen LogP contribution in [0.2, 0.25) is 0 Å². The molecule has 18 heavy (non-hydrogen) atoms. The highest BCUT2D eigenvalue weighted by atomic mass is 16.2. The van der Waals surface area contributed by atoms with Gasteiger partial charge in [-0.25, -0.2) is 0 Å². The minimum absolute atomic E-state index is 0.213. The number of hydrogen-bond acceptors (Lipinski definition) is 3. The summed E-state index contributed by atoms with van der Waals surface area (Å²) in [6.45, 7) is 8.38. The maximum absolute atomic E-state index is 12.4. The van der Waals surface area contributed by atoms with E-state index in [9.17, 15) is 4.79 Å². The Kier molecular flexibility index (Phi) is 4.62. The zero-order chi connectivity index (χ0) is 13.0. The second kappa shape index (κ2) is 6.02. The van der Waals surface area contributed by atoms with Crippen LogP contribution in [0.25, 0.3) is 0 Å². The maximum Gasteiger partial charge on any atom is 0.240 e. The summed E-state index contributed by atoms with van der Waals surface area (Å²) in [5.74, 6) is 0.213. The molecule has 2 aliphatic rings. The van der Waals surface area contributed by atoms with Gasteiger partial charge in [-0.05, 0) is 51.7 Å². The monoisotopic (exact) mass is 253 g/mol. The summed E-state index contributed by atoms with van der Waals surface area (Å²) in [6.07, 6.45) is 5.48. The van der Waals surface area contributed by atoms with Crippen LogP contribution in [0, 0.1) is 0 Å². The second-order valence-electron chi connectivity index (χ2n) is 5.60. The Balaban J connectivity index is 1.84. The highest BCUT2D eigenvalue weighted by Crippen LogP contribution is 2.23. The molecule has 1 amide bonds. The van der Waals surface area contributed by atoms with Crippen LogP contribution in [0.5, 0.6) is 0 Å². The molecule has 2 fully saturated rings. The summed E-state index contributed by atoms with van der Waals surface area (Å²) in [5.41, 5.74) is -0.282. The minimum Gasteiger partial charge on any atom is -0.353 e. The molecular weight excluding hydrogens is 226 g/mol. The molecular formula is C14H27N3O. The molecule has 2 rings (SSSR count). The Hall–Kier alpha value is -0.610. The van der Waals surface area contributed by atoms with Crippen molar-refractivity contribution in [2.24, 2.45) is 0 Å². The van der Waals surface area contributed by atoms with Gasteiger partial charge in [-0.15, -0.1) is 0 Å². The maximum atomic E-state index is 12.4. The van der Waals surface area contributed by atoms with E-state index in [1.54, 1.807) is 0 Å². The number of hydrogen-bond donors (Lipinski definition) is 2. The Morgan fingerprint density at radius 1 is 1.44 bits per heavy atom. The number of nitrogens with one attached hydrogen (secondary N) is 2. The number of likely N-dealkylation sites (tertiary alicyclic amines) is 1. The quantitative estimate of drug-likeness (QED) is 0.772. The van der Waals surface area contributed by atoms with Crippen LogP contribution >= 0.6 is 0 Å². The third-order valence-electron chi connectivity index (χ3n) is 4.69. The van der Waals surface area contributed by atoms with Gasteiger partial charge in [0, 0.05) is 12.6 Å². The van der Waals surface area contributed by atoms with Crippen LogP contribution in [-0.2, 0) is 4.79 Å². The van der Waals surface area contributed by atoms with Gasteiger partial charge >= 0.3 is 0 Å². The second-order valence-corrected chi connectivity index (χ2v) is 5.60. The van der Waals surface area contributed by atoms with Gasteiger partial charge in [0.2, 0.25) is 5.91 Å². The molecule has 104 valence electrons. The van der Waals surface area contributed by atoms with Gasteiger partial charge in [-0.2, -0.15) is 0 Å². The first-order valence-corrected chi connectivity index (χ1v) is 7.49. The molecule has 0 aromatic carbocycles. The molecule has 2 N–H and O–H groups in total. The molecule has 4 nitrogen and oxygen atoms in total. The number of carbonyl (C=O) groups is 1. The fourth-order valence-electron chi connectivity index (χ4n) is 3.38. The number of nitrogens with zero attached hydrogens (tertiary/aromatic N) is 1. The smallest absolute Gasteiger partial charge is 0.240 e. The van der Waals surface area contributed by atoms with Crippen LogP contribution < -0.4 is 10.6 Å². The predicted molar refractivity (Wildman–Crippen MR) is 73.5 cm³/mol. The lowest BCUT2D eigenvalue weighted by Gasteiger charge is -2.29. The molecule has 0 aromatic heterocycles. The fraction of sp³-hybridized carbons (Fsp3) is 0.929. The molecule has 0 radical (unpaired) electrons. The largest absolute Gasteiger partial charge is 0.353 e. The van der Waals surface area contributed by atoms with E-state index >= 15 is 0 Å². The van der Waals surface area contributed by atoms with Crippen LogP contribution in [0.4, 0.5) is 0 Å². The van der Waals surface area contributed by atoms with Crippen LogP contribution in [-0.4, -0.2) is 48.6 Å². The number of likely N-dealkylation sites (N-methyl/N-ethyl adjacent to an activating group) is 1. The Morgan fingerprint density at radius 2 is 2.28 bits per heavy atom. The Labute approximate surface area is 110 Å². The van der Waals surface area contributed by atoms with Crippen molar-refractivity contribution in [1.29, 1.82) is 0 Å². The van der Waals surface area contributed by atoms with E-state index in [0.717, 1.165) is 38.9 Å². The average molecular weight is 253 g/mol. The van der Waals surface area contributed by atoms with Crippen molar-refractivity contribution in [3.8, 4) is 0 Å². The lowest BCUT2D eigenvalue weighted by molar-refractivity contribution is -0.127. The first-order chi connectivity index (χ1) is 8.72. The third-order valence-corrected chi connectivity index (χ3v) is 4.69. The molecule has 2 atom stereocenters. The van der Waals surface area contributed by atoms with Crippen molar-refractivity contribution < 1.29 is 4.79 Å². The number of amides is 1. The highest BCUT2D eigenvalue weighted by molar-refractivity contribution is 5.86. The van der Waals surface area contributed by atoms with Gasteiger partial charge in [0.25, 0.3) is 0 Å². The van der Waals surface area contributed by atoms with E-state index in [1.165, 1.54) is 19.4 Å². The summed E-state index contributed by atoms with van der Waals surface area (Å²) in [4.78, 5) is 14.8. The molecule has 2 heterocycles. The molecule has 2 unspecified atom stereocenters. The van der Waals surface area contributed by atoms with Gasteiger partial charge < -0.3 is 10.6 Å². The predicted octanol–water partition coefficient (Wildman–Crippen LogP) is 1.12. The fourth-order valence-corrected chi connectivity index (χ4v) is 3.38. The lowest BCUT2D eigenvalue weighted by Crippen LogP contribution is -2.55. The zero-order valence-electron chi connectivity index (χ0n) is 11.8. The number of carbonyl (C=O) groups excluding carboxylic acids is 1. The van der Waals surface area contributed by atoms with Crippen LogP contribution in [0.1, 0.15) is 46.0 Å². The van der Waals surface area contributed by atoms with Crippen molar-refractivity contribution in [2.45, 2.75) is 57.5 Å². The summed E-state index contributed by atoms with van der Waals surface area (Å²) in [5, 5.41) is 6.57. The van der Waals surface area contributed by atoms with E-state index in [1.807, 2.05) is 0 Å². The molecule has 0 bridgehead atoms. The van der Waals surface area contributed by atoms with Crippen molar-refractivity contribution in [3.05, 3.63) is 0 Å². The lowest BCUT2D eigenvalue weighted by atomic mass is 9.93. The average Bonchev–Trinajstić information content (AvgIpc) is 3.05. The minimum atomic E-state index is -0.282. The number of rotatable bonds is 5. The standard InChI is InChI=1S/C14H27N3O/c1-3-14(8-6-9-16-14)13(18)15-11-12-7-5-10-17(12)4-2/h12,16H,3-11H2,1-2H3,(H,15,18). The van der Waals surface area contributed by atoms with E-state index in [4.69, 9.17) is 0 Å². The van der Waals surface area contributed by atoms with Gasteiger partial charge in [0.1, 0.15) is 0 Å². The summed E-state index contributed by atoms with van der Waals surface area (Å²) < 4.78 is 0. The van der Waals surface area contributed by atoms with Crippen molar-refractivity contribution in [1.82, 2.24) is 15.5 Å². The molecule has 0 saturated carbocycles. The SMILES string of the molecule is CCN1CCCC1CNC(=O)C1(CC)CCCN1. The molecule has 4 heteroatoms. The van der Waals surface area contributed by atoms with Crippen molar-refractivity contribution in [3.63, 3.8) is 0 Å². The Bertz CT molecular complexity index is 287. The molecule has 0 aromatic rings. The summed E-state index contributed by atoms with van der Waals surface area (Å²) in [6, 6.07) is 0.550. The first-order valence-electron chi connectivity index (χ1n) is 7.49. The van der Waals surface area contributed by atoms with E-state index in [-0.39, 0.29) is 11.4 Å². The van der Waals surface area contributed by atoms with E-state index in [2.05, 4.69) is 29.4 Å². The third kappa shape index (κ3) is 2.69. The van der Waals surface area contributed by atoms with Crippen molar-refractivity contribution in [2.75, 3.05) is 26.2 Å². The van der Waals surface area contributed by atoms with Gasteiger partial charge in [0.15, 0.2) is 0 Å². The van der Waals surface area contributed by atoms with Crippen LogP contribution in [0.15, 0.2) is 0 Å². The van der Waals surface area contributed by atoms with E-state index < -0.39 is 0 Å². The molecule has 0 aliphatic carbocycles. The van der Waals surface area contributed by atoms with Crippen LogP contribution in [0.3, 0.4) is 0 Å². The van der Waals surface area contributed by atoms with Crippen molar-refractivity contribution >= 4 is 5.91 Å². The normalized spacial score (nSPS) is 32.9. The topological polar surface area (TPSA) is 44.4 Å². The molecule has 0 spiro atoms. The Morgan fingerprint density at radius 3 is 2.89 bits per heavy atom. The van der Waals surface area contributed by atoms with Gasteiger partial charge in [0.05, 0.1) is 5.54 Å². The summed E-state index contributed by atoms with van der Waals surface area (Å²) >= 11 is 0. The van der Waals surface area contributed by atoms with E-state index in [0.29, 0.717) is 6.04 Å². The van der Waals surface area contributed by atoms with Gasteiger partial charge in [-0.3, -0.25) is 9.69 Å².